The quantitative estimate of drug-likeness (QED) is 0.367. The molecular weight excluding hydrogens is 333 g/mol. The Kier molecular flexibility index (Phi) is 4.26. The van der Waals surface area contributed by atoms with E-state index in [4.69, 9.17) is 5.26 Å². The molecule has 19 heavy (non-hydrogen) atoms. The maximum atomic E-state index is 12.7. The van der Waals surface area contributed by atoms with Gasteiger partial charge in [-0.3, -0.25) is 14.9 Å². The van der Waals surface area contributed by atoms with E-state index in [0.717, 1.165) is 0 Å². The topological polar surface area (TPSA) is 84.0 Å². The molecule has 0 amide bonds. The molecule has 0 aliphatic carbocycles. The van der Waals surface area contributed by atoms with Crippen molar-refractivity contribution in [2.24, 2.45) is 0 Å². The molecule has 0 N–H and O–H groups in total. The highest BCUT2D eigenvalue weighted by molar-refractivity contribution is 9.09. The Morgan fingerprint density at radius 1 is 1.47 bits per heavy atom. The number of Topliss-reactive ketones (excluding diaryl/α,β-unsaturated/α-hetero) is 1. The van der Waals surface area contributed by atoms with E-state index in [1.807, 2.05) is 0 Å². The fourth-order valence-corrected chi connectivity index (χ4v) is 1.72. The van der Waals surface area contributed by atoms with Gasteiger partial charge in [-0.1, -0.05) is 15.9 Å². The molecule has 0 aliphatic heterocycles. The molecule has 0 saturated heterocycles. The summed E-state index contributed by atoms with van der Waals surface area (Å²) in [5.41, 5.74) is -4.24. The summed E-state index contributed by atoms with van der Waals surface area (Å²) in [5.74, 6) is -0.659. The fourth-order valence-electron chi connectivity index (χ4n) is 1.40. The molecule has 9 heteroatoms. The number of nitriles is 1. The zero-order chi connectivity index (χ0) is 14.8. The first-order chi connectivity index (χ1) is 8.72. The second-order valence-corrected chi connectivity index (χ2v) is 3.90. The van der Waals surface area contributed by atoms with Gasteiger partial charge < -0.3 is 0 Å². The molecule has 5 nitrogen and oxygen atoms in total. The number of hydrogen-bond donors (Lipinski definition) is 0. The standard InChI is InChI=1S/C10H4BrF3N2O3/c11-3-8(17)5-1-6(4-15)9(10(12,13)14)7(2-5)16(18)19/h1-2H,3H2. The summed E-state index contributed by atoms with van der Waals surface area (Å²) in [4.78, 5) is 20.8. The van der Waals surface area contributed by atoms with Crippen LogP contribution >= 0.6 is 15.9 Å². The molecule has 1 aromatic rings. The Morgan fingerprint density at radius 3 is 2.42 bits per heavy atom. The number of nitro groups is 1. The Balaban J connectivity index is 3.70. The molecular formula is C10H4BrF3N2O3. The van der Waals surface area contributed by atoms with E-state index in [-0.39, 0.29) is 10.9 Å². The Hall–Kier alpha value is -1.95. The van der Waals surface area contributed by atoms with Crippen molar-refractivity contribution in [3.63, 3.8) is 0 Å². The number of ketones is 1. The van der Waals surface area contributed by atoms with Crippen LogP contribution in [0, 0.1) is 21.4 Å². The predicted octanol–water partition coefficient (Wildman–Crippen LogP) is 3.06. The molecule has 100 valence electrons. The molecule has 0 aliphatic rings. The number of carbonyl (C=O) groups excluding carboxylic acids is 1. The van der Waals surface area contributed by atoms with Gasteiger partial charge in [0.2, 0.25) is 0 Å². The normalized spacial score (nSPS) is 10.9. The lowest BCUT2D eigenvalue weighted by Gasteiger charge is -2.10. The molecule has 0 bridgehead atoms. The van der Waals surface area contributed by atoms with E-state index >= 15 is 0 Å². The average Bonchev–Trinajstić information content (AvgIpc) is 2.34. The number of nitro benzene ring substituents is 1. The van der Waals surface area contributed by atoms with Crippen LogP contribution in [-0.4, -0.2) is 16.0 Å². The summed E-state index contributed by atoms with van der Waals surface area (Å²) >= 11 is 2.79. The van der Waals surface area contributed by atoms with Gasteiger partial charge in [-0.25, -0.2) is 0 Å². The lowest BCUT2D eigenvalue weighted by molar-refractivity contribution is -0.388. The fraction of sp³-hybridized carbons (Fsp3) is 0.200. The lowest BCUT2D eigenvalue weighted by Crippen LogP contribution is -2.13. The molecule has 0 spiro atoms. The van der Waals surface area contributed by atoms with E-state index in [1.54, 1.807) is 0 Å². The number of rotatable bonds is 3. The highest BCUT2D eigenvalue weighted by Crippen LogP contribution is 2.39. The van der Waals surface area contributed by atoms with E-state index in [0.29, 0.717) is 12.1 Å². The van der Waals surface area contributed by atoms with Crippen molar-refractivity contribution in [3.05, 3.63) is 38.9 Å². The van der Waals surface area contributed by atoms with Crippen LogP contribution in [-0.2, 0) is 6.18 Å². The molecule has 0 unspecified atom stereocenters. The van der Waals surface area contributed by atoms with Gasteiger partial charge in [-0.15, -0.1) is 0 Å². The minimum atomic E-state index is -5.05. The number of carbonyl (C=O) groups is 1. The Labute approximate surface area is 112 Å². The zero-order valence-electron chi connectivity index (χ0n) is 8.99. The first-order valence-electron chi connectivity index (χ1n) is 4.61. The number of hydrogen-bond acceptors (Lipinski definition) is 4. The third-order valence-electron chi connectivity index (χ3n) is 2.16. The van der Waals surface area contributed by atoms with Crippen LogP contribution in [0.1, 0.15) is 21.5 Å². The second kappa shape index (κ2) is 5.36. The van der Waals surface area contributed by atoms with Gasteiger partial charge >= 0.3 is 6.18 Å². The molecule has 1 rings (SSSR count). The SMILES string of the molecule is N#Cc1cc(C(=O)CBr)cc([N+](=O)[O-])c1C(F)(F)F. The lowest BCUT2D eigenvalue weighted by atomic mass is 10.00. The summed E-state index contributed by atoms with van der Waals surface area (Å²) in [7, 11) is 0. The maximum Gasteiger partial charge on any atom is 0.424 e. The third-order valence-corrected chi connectivity index (χ3v) is 2.67. The van der Waals surface area contributed by atoms with Crippen molar-refractivity contribution in [2.75, 3.05) is 5.33 Å². The van der Waals surface area contributed by atoms with Crippen molar-refractivity contribution in [1.29, 1.82) is 5.26 Å². The second-order valence-electron chi connectivity index (χ2n) is 3.34. The highest BCUT2D eigenvalue weighted by atomic mass is 79.9. The monoisotopic (exact) mass is 336 g/mol. The number of benzene rings is 1. The van der Waals surface area contributed by atoms with Crippen LogP contribution in [0.3, 0.4) is 0 Å². The number of alkyl halides is 4. The predicted molar refractivity (Wildman–Crippen MR) is 60.9 cm³/mol. The van der Waals surface area contributed by atoms with Crippen LogP contribution in [0.2, 0.25) is 0 Å². The van der Waals surface area contributed by atoms with Crippen molar-refractivity contribution in [1.82, 2.24) is 0 Å². The molecule has 0 saturated carbocycles. The molecule has 0 aromatic heterocycles. The summed E-state index contributed by atoms with van der Waals surface area (Å²) in [6.07, 6.45) is -5.05. The average molecular weight is 337 g/mol. The van der Waals surface area contributed by atoms with Crippen LogP contribution in [0.4, 0.5) is 18.9 Å². The zero-order valence-corrected chi connectivity index (χ0v) is 10.6. The first-order valence-corrected chi connectivity index (χ1v) is 5.73. The van der Waals surface area contributed by atoms with Gasteiger partial charge in [0.05, 0.1) is 15.8 Å². The molecule has 0 fully saturated rings. The van der Waals surface area contributed by atoms with E-state index in [9.17, 15) is 28.1 Å². The smallest absolute Gasteiger partial charge is 0.293 e. The van der Waals surface area contributed by atoms with E-state index in [2.05, 4.69) is 15.9 Å². The summed E-state index contributed by atoms with van der Waals surface area (Å²) in [5, 5.41) is 19.1. The van der Waals surface area contributed by atoms with Gasteiger partial charge in [0.25, 0.3) is 5.69 Å². The van der Waals surface area contributed by atoms with E-state index < -0.39 is 33.7 Å². The van der Waals surface area contributed by atoms with Gasteiger partial charge in [0.15, 0.2) is 11.3 Å². The maximum absolute atomic E-state index is 12.7. The number of nitrogens with zero attached hydrogens (tertiary/aromatic N) is 2. The van der Waals surface area contributed by atoms with Crippen LogP contribution < -0.4 is 0 Å². The number of halogens is 4. The van der Waals surface area contributed by atoms with Gasteiger partial charge in [-0.2, -0.15) is 18.4 Å². The molecule has 1 aromatic carbocycles. The largest absolute Gasteiger partial charge is 0.424 e. The van der Waals surface area contributed by atoms with Gasteiger partial charge in [0, 0.05) is 11.6 Å². The van der Waals surface area contributed by atoms with Crippen molar-refractivity contribution in [3.8, 4) is 6.07 Å². The third kappa shape index (κ3) is 3.08. The van der Waals surface area contributed by atoms with Crippen LogP contribution in [0.15, 0.2) is 12.1 Å². The van der Waals surface area contributed by atoms with Gasteiger partial charge in [0.1, 0.15) is 6.07 Å². The Morgan fingerprint density at radius 2 is 2.05 bits per heavy atom. The summed E-state index contributed by atoms with van der Waals surface area (Å²) < 4.78 is 38.2. The Bertz CT molecular complexity index is 593. The van der Waals surface area contributed by atoms with Gasteiger partial charge in [-0.05, 0) is 6.07 Å². The van der Waals surface area contributed by atoms with Crippen LogP contribution in [0.25, 0.3) is 0 Å². The molecule has 0 heterocycles. The van der Waals surface area contributed by atoms with Crippen molar-refractivity contribution >= 4 is 27.4 Å². The minimum absolute atomic E-state index is 0.222. The molecule has 0 atom stereocenters. The van der Waals surface area contributed by atoms with E-state index in [1.165, 1.54) is 6.07 Å². The van der Waals surface area contributed by atoms with Crippen molar-refractivity contribution in [2.45, 2.75) is 6.18 Å². The van der Waals surface area contributed by atoms with Crippen LogP contribution in [0.5, 0.6) is 0 Å². The summed E-state index contributed by atoms with van der Waals surface area (Å²) in [6.45, 7) is 0. The summed E-state index contributed by atoms with van der Waals surface area (Å²) in [6, 6.07) is 2.44. The highest BCUT2D eigenvalue weighted by Gasteiger charge is 2.41. The first kappa shape index (κ1) is 15.1. The minimum Gasteiger partial charge on any atom is -0.293 e. The van der Waals surface area contributed by atoms with Crippen molar-refractivity contribution < 1.29 is 22.9 Å². The molecule has 0 radical (unpaired) electrons.